The molecule has 1 atom stereocenters. The number of amides is 2. The lowest BCUT2D eigenvalue weighted by molar-refractivity contribution is -0.139. The standard InChI is InChI=1S/C33H33Cl2N3O4S/c1-3-25-14-10-11-17-30(25)38(43(41,42)28-15-8-5-9-16-28)23-32(39)37(22-26-18-19-27(34)21-29(26)35)31(33(40)36-2)20-24-12-6-4-7-13-24/h4-19,21,31H,3,20,22-23H2,1-2H3,(H,36,40)/t31-/m0/s1. The third-order valence-electron chi connectivity index (χ3n) is 7.12. The largest absolute Gasteiger partial charge is 0.357 e. The van der Waals surface area contributed by atoms with Crippen LogP contribution in [0.1, 0.15) is 23.6 Å². The van der Waals surface area contributed by atoms with Crippen LogP contribution >= 0.6 is 23.2 Å². The first-order valence-electron chi connectivity index (χ1n) is 13.8. The summed E-state index contributed by atoms with van der Waals surface area (Å²) in [5.41, 5.74) is 2.55. The summed E-state index contributed by atoms with van der Waals surface area (Å²) in [5.74, 6) is -0.963. The lowest BCUT2D eigenvalue weighted by atomic mass is 10.0. The highest BCUT2D eigenvalue weighted by Gasteiger charge is 2.35. The van der Waals surface area contributed by atoms with Crippen LogP contribution in [0.4, 0.5) is 5.69 Å². The number of carbonyl (C=O) groups excluding carboxylic acids is 2. The molecule has 10 heteroatoms. The summed E-state index contributed by atoms with van der Waals surface area (Å²) in [5, 5.41) is 3.42. The molecular formula is C33H33Cl2N3O4S. The molecule has 0 spiro atoms. The second-order valence-corrected chi connectivity index (χ2v) is 12.6. The SMILES string of the molecule is CCc1ccccc1N(CC(=O)N(Cc1ccc(Cl)cc1Cl)[C@@H](Cc1ccccc1)C(=O)NC)S(=O)(=O)c1ccccc1. The lowest BCUT2D eigenvalue weighted by Gasteiger charge is -2.34. The molecule has 0 aliphatic rings. The van der Waals surface area contributed by atoms with Crippen LogP contribution in [-0.4, -0.2) is 44.8 Å². The Morgan fingerprint density at radius 2 is 1.47 bits per heavy atom. The van der Waals surface area contributed by atoms with E-state index in [4.69, 9.17) is 23.2 Å². The molecule has 0 aliphatic carbocycles. The third-order valence-corrected chi connectivity index (χ3v) is 9.49. The van der Waals surface area contributed by atoms with Crippen LogP contribution in [-0.2, 0) is 39.0 Å². The van der Waals surface area contributed by atoms with Crippen LogP contribution in [0, 0.1) is 0 Å². The Labute approximate surface area is 263 Å². The number of nitrogens with one attached hydrogen (secondary N) is 1. The molecule has 0 fully saturated rings. The molecule has 43 heavy (non-hydrogen) atoms. The van der Waals surface area contributed by atoms with Gasteiger partial charge in [-0.25, -0.2) is 8.42 Å². The fourth-order valence-corrected chi connectivity index (χ4v) is 6.78. The van der Waals surface area contributed by atoms with E-state index in [1.165, 1.54) is 24.1 Å². The Balaban J connectivity index is 1.83. The van der Waals surface area contributed by atoms with Gasteiger partial charge in [-0.15, -0.1) is 0 Å². The van der Waals surface area contributed by atoms with Crippen molar-refractivity contribution < 1.29 is 18.0 Å². The van der Waals surface area contributed by atoms with Gasteiger partial charge in [0.25, 0.3) is 10.0 Å². The Hall–Kier alpha value is -3.85. The van der Waals surface area contributed by atoms with E-state index in [0.717, 1.165) is 15.4 Å². The lowest BCUT2D eigenvalue weighted by Crippen LogP contribution is -2.53. The number of aryl methyl sites for hydroxylation is 1. The van der Waals surface area contributed by atoms with Gasteiger partial charge < -0.3 is 10.2 Å². The number of carbonyl (C=O) groups is 2. The molecule has 2 amide bonds. The molecule has 7 nitrogen and oxygen atoms in total. The van der Waals surface area contributed by atoms with Crippen molar-refractivity contribution in [1.82, 2.24) is 10.2 Å². The van der Waals surface area contributed by atoms with E-state index in [9.17, 15) is 18.0 Å². The van der Waals surface area contributed by atoms with Crippen molar-refractivity contribution in [3.63, 3.8) is 0 Å². The number of likely N-dealkylation sites (N-methyl/N-ethyl adjacent to an activating group) is 1. The minimum atomic E-state index is -4.17. The Morgan fingerprint density at radius 1 is 0.837 bits per heavy atom. The first-order valence-corrected chi connectivity index (χ1v) is 16.0. The third kappa shape index (κ3) is 7.76. The molecule has 1 N–H and O–H groups in total. The fraction of sp³-hybridized carbons (Fsp3) is 0.212. The summed E-state index contributed by atoms with van der Waals surface area (Å²) in [7, 11) is -2.67. The van der Waals surface area contributed by atoms with Gasteiger partial charge in [-0.2, -0.15) is 0 Å². The number of sulfonamides is 1. The van der Waals surface area contributed by atoms with Gasteiger partial charge in [-0.05, 0) is 53.4 Å². The van der Waals surface area contributed by atoms with Crippen molar-refractivity contribution in [3.8, 4) is 0 Å². The molecule has 0 aliphatic heterocycles. The number of anilines is 1. The summed E-state index contributed by atoms with van der Waals surface area (Å²) in [6.07, 6.45) is 0.749. The number of hydrogen-bond acceptors (Lipinski definition) is 4. The molecule has 0 heterocycles. The topological polar surface area (TPSA) is 86.8 Å². The highest BCUT2D eigenvalue weighted by Crippen LogP contribution is 2.29. The molecule has 4 aromatic carbocycles. The normalized spacial score (nSPS) is 11.9. The van der Waals surface area contributed by atoms with Crippen molar-refractivity contribution in [3.05, 3.63) is 130 Å². The maximum absolute atomic E-state index is 14.4. The molecule has 0 unspecified atom stereocenters. The first kappa shape index (κ1) is 32.1. The summed E-state index contributed by atoms with van der Waals surface area (Å²) < 4.78 is 29.3. The van der Waals surface area contributed by atoms with Crippen LogP contribution < -0.4 is 9.62 Å². The number of nitrogens with zero attached hydrogens (tertiary/aromatic N) is 2. The molecule has 0 saturated carbocycles. The zero-order chi connectivity index (χ0) is 31.0. The van der Waals surface area contributed by atoms with Gasteiger partial charge in [0.15, 0.2) is 0 Å². The minimum absolute atomic E-state index is 0.0472. The number of rotatable bonds is 12. The van der Waals surface area contributed by atoms with E-state index >= 15 is 0 Å². The van der Waals surface area contributed by atoms with Gasteiger partial charge in [-0.3, -0.25) is 13.9 Å². The van der Waals surface area contributed by atoms with Gasteiger partial charge in [-0.1, -0.05) is 103 Å². The average Bonchev–Trinajstić information content (AvgIpc) is 3.02. The Kier molecular flexibility index (Phi) is 10.9. The molecule has 0 radical (unpaired) electrons. The second kappa shape index (κ2) is 14.6. The van der Waals surface area contributed by atoms with E-state index in [0.29, 0.717) is 27.7 Å². The molecule has 0 bridgehead atoms. The Bertz CT molecular complexity index is 1670. The maximum atomic E-state index is 14.4. The van der Waals surface area contributed by atoms with E-state index in [2.05, 4.69) is 5.32 Å². The summed E-state index contributed by atoms with van der Waals surface area (Å²) in [6.45, 7) is 1.33. The number of hydrogen-bond donors (Lipinski definition) is 1. The molecule has 0 aromatic heterocycles. The van der Waals surface area contributed by atoms with Gasteiger partial charge in [0.05, 0.1) is 10.6 Å². The summed E-state index contributed by atoms with van der Waals surface area (Å²) in [6, 6.07) is 28.3. The zero-order valence-electron chi connectivity index (χ0n) is 23.9. The molecule has 4 rings (SSSR count). The molecule has 224 valence electrons. The van der Waals surface area contributed by atoms with Gasteiger partial charge >= 0.3 is 0 Å². The number of halogens is 2. The monoisotopic (exact) mass is 637 g/mol. The predicted octanol–water partition coefficient (Wildman–Crippen LogP) is 6.14. The zero-order valence-corrected chi connectivity index (χ0v) is 26.2. The second-order valence-electron chi connectivity index (χ2n) is 9.88. The maximum Gasteiger partial charge on any atom is 0.264 e. The molecule has 0 saturated heterocycles. The van der Waals surface area contributed by atoms with Crippen molar-refractivity contribution in [2.45, 2.75) is 37.2 Å². The summed E-state index contributed by atoms with van der Waals surface area (Å²) in [4.78, 5) is 29.2. The van der Waals surface area contributed by atoms with E-state index in [-0.39, 0.29) is 17.9 Å². The first-order chi connectivity index (χ1) is 20.6. The fourth-order valence-electron chi connectivity index (χ4n) is 4.84. The molecular weight excluding hydrogens is 605 g/mol. The van der Waals surface area contributed by atoms with E-state index in [1.54, 1.807) is 48.5 Å². The highest BCUT2D eigenvalue weighted by molar-refractivity contribution is 7.92. The summed E-state index contributed by atoms with van der Waals surface area (Å²) >= 11 is 12.7. The van der Waals surface area contributed by atoms with Crippen molar-refractivity contribution in [2.75, 3.05) is 17.9 Å². The van der Waals surface area contributed by atoms with Gasteiger partial charge in [0.1, 0.15) is 12.6 Å². The van der Waals surface area contributed by atoms with Crippen LogP contribution in [0.2, 0.25) is 10.0 Å². The van der Waals surface area contributed by atoms with Crippen LogP contribution in [0.15, 0.2) is 108 Å². The number of para-hydroxylation sites is 1. The smallest absolute Gasteiger partial charge is 0.264 e. The van der Waals surface area contributed by atoms with Crippen LogP contribution in [0.5, 0.6) is 0 Å². The number of benzene rings is 4. The van der Waals surface area contributed by atoms with Crippen LogP contribution in [0.3, 0.4) is 0 Å². The van der Waals surface area contributed by atoms with E-state index < -0.39 is 34.4 Å². The quantitative estimate of drug-likeness (QED) is 0.202. The average molecular weight is 639 g/mol. The Morgan fingerprint density at radius 3 is 2.09 bits per heavy atom. The highest BCUT2D eigenvalue weighted by atomic mass is 35.5. The van der Waals surface area contributed by atoms with Gasteiger partial charge in [0.2, 0.25) is 11.8 Å². The van der Waals surface area contributed by atoms with E-state index in [1.807, 2.05) is 49.4 Å². The predicted molar refractivity (Wildman–Crippen MR) is 172 cm³/mol. The van der Waals surface area contributed by atoms with Crippen molar-refractivity contribution in [1.29, 1.82) is 0 Å². The van der Waals surface area contributed by atoms with Crippen LogP contribution in [0.25, 0.3) is 0 Å². The molecule has 4 aromatic rings. The van der Waals surface area contributed by atoms with Crippen molar-refractivity contribution >= 4 is 50.7 Å². The minimum Gasteiger partial charge on any atom is -0.357 e. The van der Waals surface area contributed by atoms with Crippen molar-refractivity contribution in [2.24, 2.45) is 0 Å². The van der Waals surface area contributed by atoms with Gasteiger partial charge in [0, 0.05) is 30.1 Å².